The van der Waals surface area contributed by atoms with E-state index in [4.69, 9.17) is 4.74 Å². The molecule has 114 valence electrons. The summed E-state index contributed by atoms with van der Waals surface area (Å²) < 4.78 is 7.43. The van der Waals surface area contributed by atoms with Crippen molar-refractivity contribution in [3.05, 3.63) is 77.3 Å². The highest BCUT2D eigenvalue weighted by Crippen LogP contribution is 2.38. The summed E-state index contributed by atoms with van der Waals surface area (Å²) in [4.78, 5) is 2.27. The molecule has 2 aromatic rings. The Kier molecular flexibility index (Phi) is 4.65. The molecule has 1 unspecified atom stereocenters. The first-order valence-electron chi connectivity index (χ1n) is 7.54. The Morgan fingerprint density at radius 3 is 2.64 bits per heavy atom. The number of ether oxygens (including phenoxy) is 1. The van der Waals surface area contributed by atoms with Gasteiger partial charge in [-0.3, -0.25) is 0 Å². The molecule has 0 radical (unpaired) electrons. The Bertz CT molecular complexity index is 633. The molecule has 0 bridgehead atoms. The molecule has 2 nitrogen and oxygen atoms in total. The third-order valence-electron chi connectivity index (χ3n) is 4.23. The van der Waals surface area contributed by atoms with Crippen LogP contribution >= 0.6 is 15.9 Å². The van der Waals surface area contributed by atoms with Crippen molar-refractivity contribution in [3.63, 3.8) is 0 Å². The zero-order chi connectivity index (χ0) is 15.4. The minimum absolute atomic E-state index is 0.245. The summed E-state index contributed by atoms with van der Waals surface area (Å²) in [6.45, 7) is 5.48. The SMILES string of the molecule is C=CCC1(c2ccccc2)CCN(c2cccc(Br)c2)CO1. The van der Waals surface area contributed by atoms with E-state index in [1.165, 1.54) is 11.3 Å². The summed E-state index contributed by atoms with van der Waals surface area (Å²) in [6.07, 6.45) is 3.75. The minimum Gasteiger partial charge on any atom is -0.350 e. The Morgan fingerprint density at radius 2 is 2.00 bits per heavy atom. The monoisotopic (exact) mass is 357 g/mol. The zero-order valence-corrected chi connectivity index (χ0v) is 14.1. The van der Waals surface area contributed by atoms with Gasteiger partial charge >= 0.3 is 0 Å². The molecule has 0 aliphatic carbocycles. The van der Waals surface area contributed by atoms with Gasteiger partial charge < -0.3 is 9.64 Å². The van der Waals surface area contributed by atoms with E-state index in [1.807, 2.05) is 18.2 Å². The van der Waals surface area contributed by atoms with Crippen LogP contribution in [0.1, 0.15) is 18.4 Å². The standard InChI is InChI=1S/C19H20BrNO/c1-2-11-19(16-7-4-3-5-8-16)12-13-21(15-22-19)18-10-6-9-17(20)14-18/h2-10,14H,1,11-13,15H2. The number of halogens is 1. The smallest absolute Gasteiger partial charge is 0.120 e. The van der Waals surface area contributed by atoms with Crippen LogP contribution in [-0.2, 0) is 10.3 Å². The Morgan fingerprint density at radius 1 is 1.18 bits per heavy atom. The van der Waals surface area contributed by atoms with Gasteiger partial charge in [-0.1, -0.05) is 58.4 Å². The number of hydrogen-bond acceptors (Lipinski definition) is 2. The maximum atomic E-state index is 6.34. The molecular weight excluding hydrogens is 338 g/mol. The van der Waals surface area contributed by atoms with Gasteiger partial charge in [0.15, 0.2) is 0 Å². The molecule has 1 saturated heterocycles. The topological polar surface area (TPSA) is 12.5 Å². The Balaban J connectivity index is 1.80. The van der Waals surface area contributed by atoms with Gasteiger partial charge in [0.25, 0.3) is 0 Å². The van der Waals surface area contributed by atoms with Crippen LogP contribution in [0.5, 0.6) is 0 Å². The average Bonchev–Trinajstić information content (AvgIpc) is 2.57. The lowest BCUT2D eigenvalue weighted by Gasteiger charge is -2.42. The summed E-state index contributed by atoms with van der Waals surface area (Å²) in [5, 5.41) is 0. The molecule has 0 spiro atoms. The second kappa shape index (κ2) is 6.67. The fourth-order valence-corrected chi connectivity index (χ4v) is 3.40. The van der Waals surface area contributed by atoms with E-state index in [-0.39, 0.29) is 5.60 Å². The predicted molar refractivity (Wildman–Crippen MR) is 95.0 cm³/mol. The van der Waals surface area contributed by atoms with Crippen LogP contribution in [0.2, 0.25) is 0 Å². The van der Waals surface area contributed by atoms with Gasteiger partial charge in [0, 0.05) is 16.7 Å². The molecule has 1 aliphatic rings. The van der Waals surface area contributed by atoms with Gasteiger partial charge in [-0.15, -0.1) is 6.58 Å². The van der Waals surface area contributed by atoms with Gasteiger partial charge in [-0.2, -0.15) is 0 Å². The lowest BCUT2D eigenvalue weighted by Crippen LogP contribution is -2.44. The first kappa shape index (κ1) is 15.3. The predicted octanol–water partition coefficient (Wildman–Crippen LogP) is 5.10. The number of nitrogens with zero attached hydrogens (tertiary/aromatic N) is 1. The van der Waals surface area contributed by atoms with Crippen LogP contribution in [0.4, 0.5) is 5.69 Å². The minimum atomic E-state index is -0.245. The van der Waals surface area contributed by atoms with Crippen LogP contribution in [0.25, 0.3) is 0 Å². The lowest BCUT2D eigenvalue weighted by atomic mass is 9.86. The number of anilines is 1. The largest absolute Gasteiger partial charge is 0.350 e. The Labute approximate surface area is 140 Å². The highest BCUT2D eigenvalue weighted by molar-refractivity contribution is 9.10. The number of hydrogen-bond donors (Lipinski definition) is 0. The molecule has 0 N–H and O–H groups in total. The van der Waals surface area contributed by atoms with Crippen molar-refractivity contribution >= 4 is 21.6 Å². The second-order valence-electron chi connectivity index (χ2n) is 5.62. The van der Waals surface area contributed by atoms with E-state index < -0.39 is 0 Å². The second-order valence-corrected chi connectivity index (χ2v) is 6.54. The van der Waals surface area contributed by atoms with Crippen LogP contribution in [0.15, 0.2) is 71.7 Å². The van der Waals surface area contributed by atoms with E-state index in [0.717, 1.165) is 23.9 Å². The van der Waals surface area contributed by atoms with Crippen LogP contribution in [0, 0.1) is 0 Å². The van der Waals surface area contributed by atoms with Crippen molar-refractivity contribution in [2.75, 3.05) is 18.2 Å². The van der Waals surface area contributed by atoms with E-state index in [1.54, 1.807) is 0 Å². The van der Waals surface area contributed by atoms with Crippen molar-refractivity contribution in [3.8, 4) is 0 Å². The summed E-state index contributed by atoms with van der Waals surface area (Å²) in [6, 6.07) is 18.8. The molecule has 0 saturated carbocycles. The lowest BCUT2D eigenvalue weighted by molar-refractivity contribution is -0.0740. The highest BCUT2D eigenvalue weighted by Gasteiger charge is 2.36. The van der Waals surface area contributed by atoms with E-state index in [2.05, 4.69) is 69.9 Å². The summed E-state index contributed by atoms with van der Waals surface area (Å²) >= 11 is 3.53. The van der Waals surface area contributed by atoms with Crippen molar-refractivity contribution in [2.45, 2.75) is 18.4 Å². The van der Waals surface area contributed by atoms with Crippen LogP contribution in [0.3, 0.4) is 0 Å². The molecular formula is C19H20BrNO. The van der Waals surface area contributed by atoms with Crippen molar-refractivity contribution in [2.24, 2.45) is 0 Å². The van der Waals surface area contributed by atoms with E-state index in [9.17, 15) is 0 Å². The quantitative estimate of drug-likeness (QED) is 0.705. The van der Waals surface area contributed by atoms with Gasteiger partial charge in [0.2, 0.25) is 0 Å². The summed E-state index contributed by atoms with van der Waals surface area (Å²) in [5.74, 6) is 0. The Hall–Kier alpha value is -1.58. The molecule has 3 heteroatoms. The van der Waals surface area contributed by atoms with Gasteiger partial charge in [0.05, 0.1) is 0 Å². The van der Waals surface area contributed by atoms with Gasteiger partial charge in [-0.05, 0) is 36.6 Å². The third-order valence-corrected chi connectivity index (χ3v) is 4.72. The molecule has 0 amide bonds. The van der Waals surface area contributed by atoms with Crippen molar-refractivity contribution in [1.29, 1.82) is 0 Å². The summed E-state index contributed by atoms with van der Waals surface area (Å²) in [5.41, 5.74) is 2.18. The maximum Gasteiger partial charge on any atom is 0.120 e. The zero-order valence-electron chi connectivity index (χ0n) is 12.5. The van der Waals surface area contributed by atoms with E-state index >= 15 is 0 Å². The van der Waals surface area contributed by atoms with E-state index in [0.29, 0.717) is 6.73 Å². The normalized spacial score (nSPS) is 21.6. The first-order valence-corrected chi connectivity index (χ1v) is 8.34. The molecule has 1 aliphatic heterocycles. The number of benzene rings is 2. The molecule has 1 atom stereocenters. The van der Waals surface area contributed by atoms with Gasteiger partial charge in [-0.25, -0.2) is 0 Å². The van der Waals surface area contributed by atoms with Crippen LogP contribution in [-0.4, -0.2) is 13.3 Å². The summed E-state index contributed by atoms with van der Waals surface area (Å²) in [7, 11) is 0. The fraction of sp³-hybridized carbons (Fsp3) is 0.263. The molecule has 3 rings (SSSR count). The molecule has 1 heterocycles. The average molecular weight is 358 g/mol. The molecule has 2 aromatic carbocycles. The molecule has 22 heavy (non-hydrogen) atoms. The fourth-order valence-electron chi connectivity index (χ4n) is 3.01. The number of rotatable bonds is 4. The van der Waals surface area contributed by atoms with Crippen molar-refractivity contribution < 1.29 is 4.74 Å². The molecule has 1 fully saturated rings. The maximum absolute atomic E-state index is 6.34. The van der Waals surface area contributed by atoms with Gasteiger partial charge in [0.1, 0.15) is 12.3 Å². The van der Waals surface area contributed by atoms with Crippen molar-refractivity contribution in [1.82, 2.24) is 0 Å². The highest BCUT2D eigenvalue weighted by atomic mass is 79.9. The third kappa shape index (κ3) is 3.11. The van der Waals surface area contributed by atoms with Crippen LogP contribution < -0.4 is 4.90 Å². The molecule has 0 aromatic heterocycles. The first-order chi connectivity index (χ1) is 10.7.